The monoisotopic (exact) mass is 287 g/mol. The lowest BCUT2D eigenvalue weighted by atomic mass is 10.1. The number of nitrogens with zero attached hydrogens (tertiary/aromatic N) is 1. The van der Waals surface area contributed by atoms with Crippen molar-refractivity contribution in [2.45, 2.75) is 32.4 Å². The average molecular weight is 287 g/mol. The second kappa shape index (κ2) is 6.90. The zero-order valence-corrected chi connectivity index (χ0v) is 12.3. The molecular formula is C15H21N5O. The number of aromatic amines is 1. The number of H-pyrrole nitrogens is 1. The molecule has 0 saturated heterocycles. The van der Waals surface area contributed by atoms with Crippen LogP contribution in [0.2, 0.25) is 0 Å². The summed E-state index contributed by atoms with van der Waals surface area (Å²) in [6, 6.07) is 7.04. The minimum atomic E-state index is -0.264. The molecule has 6 nitrogen and oxygen atoms in total. The van der Waals surface area contributed by atoms with E-state index in [0.717, 1.165) is 23.5 Å². The van der Waals surface area contributed by atoms with Gasteiger partial charge in [0.05, 0.1) is 6.04 Å². The van der Waals surface area contributed by atoms with Gasteiger partial charge in [-0.2, -0.15) is 0 Å². The highest BCUT2D eigenvalue weighted by Gasteiger charge is 2.14. The number of carbonyl (C=O) groups excluding carboxylic acids is 1. The normalized spacial score (nSPS) is 13.5. The molecule has 2 rings (SSSR count). The maximum absolute atomic E-state index is 12.1. The zero-order chi connectivity index (χ0) is 15.2. The van der Waals surface area contributed by atoms with Gasteiger partial charge in [0.25, 0.3) is 0 Å². The SMILES string of the molecule is CCC(NC(=O)Nc1cccc(C(C)N)c1)c1ncc[nH]1. The van der Waals surface area contributed by atoms with E-state index in [9.17, 15) is 4.79 Å². The quantitative estimate of drug-likeness (QED) is 0.680. The van der Waals surface area contributed by atoms with Crippen molar-refractivity contribution < 1.29 is 4.79 Å². The molecule has 2 atom stereocenters. The van der Waals surface area contributed by atoms with E-state index in [1.807, 2.05) is 38.1 Å². The summed E-state index contributed by atoms with van der Waals surface area (Å²) in [6.45, 7) is 3.90. The molecule has 6 heteroatoms. The summed E-state index contributed by atoms with van der Waals surface area (Å²) in [5.41, 5.74) is 7.54. The lowest BCUT2D eigenvalue weighted by Gasteiger charge is -2.16. The van der Waals surface area contributed by atoms with Crippen molar-refractivity contribution in [3.8, 4) is 0 Å². The molecular weight excluding hydrogens is 266 g/mol. The van der Waals surface area contributed by atoms with Crippen molar-refractivity contribution in [3.05, 3.63) is 48.0 Å². The van der Waals surface area contributed by atoms with Gasteiger partial charge in [-0.1, -0.05) is 19.1 Å². The van der Waals surface area contributed by atoms with E-state index in [0.29, 0.717) is 0 Å². The lowest BCUT2D eigenvalue weighted by Crippen LogP contribution is -2.32. The first-order valence-corrected chi connectivity index (χ1v) is 7.02. The number of imidazole rings is 1. The van der Waals surface area contributed by atoms with E-state index in [-0.39, 0.29) is 18.1 Å². The van der Waals surface area contributed by atoms with Gasteiger partial charge >= 0.3 is 6.03 Å². The third-order valence-corrected chi connectivity index (χ3v) is 3.23. The molecule has 0 saturated carbocycles. The van der Waals surface area contributed by atoms with E-state index in [2.05, 4.69) is 20.6 Å². The van der Waals surface area contributed by atoms with Crippen LogP contribution < -0.4 is 16.4 Å². The van der Waals surface area contributed by atoms with E-state index in [4.69, 9.17) is 5.73 Å². The van der Waals surface area contributed by atoms with Gasteiger partial charge in [-0.15, -0.1) is 0 Å². The lowest BCUT2D eigenvalue weighted by molar-refractivity contribution is 0.247. The largest absolute Gasteiger partial charge is 0.347 e. The minimum Gasteiger partial charge on any atom is -0.347 e. The number of hydrogen-bond acceptors (Lipinski definition) is 3. The summed E-state index contributed by atoms with van der Waals surface area (Å²) < 4.78 is 0. The highest BCUT2D eigenvalue weighted by molar-refractivity contribution is 5.89. The molecule has 0 bridgehead atoms. The van der Waals surface area contributed by atoms with Crippen molar-refractivity contribution in [1.82, 2.24) is 15.3 Å². The topological polar surface area (TPSA) is 95.8 Å². The van der Waals surface area contributed by atoms with Crippen LogP contribution in [0.3, 0.4) is 0 Å². The molecule has 0 aliphatic heterocycles. The van der Waals surface area contributed by atoms with Gasteiger partial charge in [-0.05, 0) is 31.0 Å². The Balaban J connectivity index is 1.99. The van der Waals surface area contributed by atoms with Crippen molar-refractivity contribution in [2.75, 3.05) is 5.32 Å². The Hall–Kier alpha value is -2.34. The Labute approximate surface area is 124 Å². The standard InChI is InChI=1S/C15H21N5O/c1-3-13(14-17-7-8-18-14)20-15(21)19-12-6-4-5-11(9-12)10(2)16/h4-10,13H,3,16H2,1-2H3,(H,17,18)(H2,19,20,21). The molecule has 0 aliphatic rings. The highest BCUT2D eigenvalue weighted by atomic mass is 16.2. The fourth-order valence-electron chi connectivity index (χ4n) is 2.06. The first-order chi connectivity index (χ1) is 10.1. The second-order valence-electron chi connectivity index (χ2n) is 4.95. The maximum Gasteiger partial charge on any atom is 0.319 e. The van der Waals surface area contributed by atoms with Gasteiger partial charge < -0.3 is 21.4 Å². The average Bonchev–Trinajstić information content (AvgIpc) is 2.99. The van der Waals surface area contributed by atoms with Crippen LogP contribution >= 0.6 is 0 Å². The predicted molar refractivity (Wildman–Crippen MR) is 82.8 cm³/mol. The Bertz CT molecular complexity index is 580. The van der Waals surface area contributed by atoms with Gasteiger partial charge in [0, 0.05) is 24.1 Å². The van der Waals surface area contributed by atoms with Crippen molar-refractivity contribution >= 4 is 11.7 Å². The van der Waals surface area contributed by atoms with E-state index < -0.39 is 0 Å². The van der Waals surface area contributed by atoms with Crippen molar-refractivity contribution in [1.29, 1.82) is 0 Å². The van der Waals surface area contributed by atoms with E-state index in [1.165, 1.54) is 0 Å². The number of rotatable bonds is 5. The van der Waals surface area contributed by atoms with Gasteiger partial charge in [0.2, 0.25) is 0 Å². The number of anilines is 1. The Morgan fingerprint density at radius 3 is 2.90 bits per heavy atom. The number of aromatic nitrogens is 2. The number of nitrogens with one attached hydrogen (secondary N) is 3. The fraction of sp³-hybridized carbons (Fsp3) is 0.333. The molecule has 0 fully saturated rings. The number of benzene rings is 1. The molecule has 1 aromatic carbocycles. The third kappa shape index (κ3) is 4.06. The summed E-state index contributed by atoms with van der Waals surface area (Å²) in [6.07, 6.45) is 4.16. The van der Waals surface area contributed by atoms with Crippen LogP contribution in [0.5, 0.6) is 0 Å². The van der Waals surface area contributed by atoms with Gasteiger partial charge in [0.1, 0.15) is 5.82 Å². The zero-order valence-electron chi connectivity index (χ0n) is 12.3. The summed E-state index contributed by atoms with van der Waals surface area (Å²) in [4.78, 5) is 19.2. The van der Waals surface area contributed by atoms with Crippen LogP contribution in [-0.2, 0) is 0 Å². The fourth-order valence-corrected chi connectivity index (χ4v) is 2.06. The number of nitrogens with two attached hydrogens (primary N) is 1. The minimum absolute atomic E-state index is 0.0682. The molecule has 5 N–H and O–H groups in total. The molecule has 0 aliphatic carbocycles. The van der Waals surface area contributed by atoms with Gasteiger partial charge in [0.15, 0.2) is 0 Å². The van der Waals surface area contributed by atoms with E-state index in [1.54, 1.807) is 12.4 Å². The Morgan fingerprint density at radius 1 is 1.48 bits per heavy atom. The van der Waals surface area contributed by atoms with Gasteiger partial charge in [-0.3, -0.25) is 0 Å². The van der Waals surface area contributed by atoms with Crippen molar-refractivity contribution in [3.63, 3.8) is 0 Å². The molecule has 1 aromatic heterocycles. The van der Waals surface area contributed by atoms with E-state index >= 15 is 0 Å². The van der Waals surface area contributed by atoms with Gasteiger partial charge in [-0.25, -0.2) is 9.78 Å². The van der Waals surface area contributed by atoms with Crippen LogP contribution in [0.1, 0.15) is 43.7 Å². The molecule has 0 radical (unpaired) electrons. The first kappa shape index (κ1) is 15.1. The Kier molecular flexibility index (Phi) is 4.94. The maximum atomic E-state index is 12.1. The van der Waals surface area contributed by atoms with Crippen molar-refractivity contribution in [2.24, 2.45) is 5.73 Å². The van der Waals surface area contributed by atoms with Crippen LogP contribution in [0.15, 0.2) is 36.7 Å². The number of hydrogen-bond donors (Lipinski definition) is 4. The third-order valence-electron chi connectivity index (χ3n) is 3.23. The number of carbonyl (C=O) groups is 1. The highest BCUT2D eigenvalue weighted by Crippen LogP contribution is 2.16. The summed E-state index contributed by atoms with van der Waals surface area (Å²) in [7, 11) is 0. The molecule has 21 heavy (non-hydrogen) atoms. The van der Waals surface area contributed by atoms with Crippen LogP contribution in [0.25, 0.3) is 0 Å². The van der Waals surface area contributed by atoms with Crippen LogP contribution in [0.4, 0.5) is 10.5 Å². The Morgan fingerprint density at radius 2 is 2.29 bits per heavy atom. The smallest absolute Gasteiger partial charge is 0.319 e. The summed E-state index contributed by atoms with van der Waals surface area (Å²) in [5, 5.41) is 5.71. The first-order valence-electron chi connectivity index (χ1n) is 7.02. The second-order valence-corrected chi connectivity index (χ2v) is 4.95. The molecule has 2 aromatic rings. The molecule has 2 amide bonds. The molecule has 112 valence electrons. The summed E-state index contributed by atoms with van der Waals surface area (Å²) in [5.74, 6) is 0.747. The molecule has 0 spiro atoms. The number of urea groups is 1. The molecule has 1 heterocycles. The van der Waals surface area contributed by atoms with Crippen LogP contribution in [-0.4, -0.2) is 16.0 Å². The predicted octanol–water partition coefficient (Wildman–Crippen LogP) is 2.70. The number of amides is 2. The molecule has 2 unspecified atom stereocenters. The van der Waals surface area contributed by atoms with Crippen LogP contribution in [0, 0.1) is 0 Å². The summed E-state index contributed by atoms with van der Waals surface area (Å²) >= 11 is 0.